The molecule has 0 unspecified atom stereocenters. The van der Waals surface area contributed by atoms with Crippen LogP contribution in [0.2, 0.25) is 0 Å². The van der Waals surface area contributed by atoms with Crippen molar-refractivity contribution in [3.05, 3.63) is 78.3 Å². The molecule has 9 heteroatoms. The molecule has 2 heterocycles. The predicted octanol–water partition coefficient (Wildman–Crippen LogP) is 3.96. The Labute approximate surface area is 186 Å². The molecule has 1 aromatic heterocycles. The van der Waals surface area contributed by atoms with Gasteiger partial charge in [-0.2, -0.15) is 4.31 Å². The van der Waals surface area contributed by atoms with E-state index in [4.69, 9.17) is 4.42 Å². The number of carbonyl (C=O) groups excluding carboxylic acids is 2. The molecule has 2 N–H and O–H groups in total. The number of piperidine rings is 1. The van der Waals surface area contributed by atoms with Crippen molar-refractivity contribution in [1.82, 2.24) is 4.31 Å². The normalized spacial score (nSPS) is 14.6. The van der Waals surface area contributed by atoms with E-state index in [2.05, 4.69) is 10.6 Å². The summed E-state index contributed by atoms with van der Waals surface area (Å²) < 4.78 is 32.4. The van der Waals surface area contributed by atoms with Gasteiger partial charge in [0.25, 0.3) is 11.8 Å². The monoisotopic (exact) mass is 453 g/mol. The minimum Gasteiger partial charge on any atom is -0.459 e. The van der Waals surface area contributed by atoms with Gasteiger partial charge in [-0.1, -0.05) is 18.6 Å². The van der Waals surface area contributed by atoms with Crippen LogP contribution in [0.1, 0.15) is 40.2 Å². The summed E-state index contributed by atoms with van der Waals surface area (Å²) in [7, 11) is -3.64. The molecular weight excluding hydrogens is 430 g/mol. The van der Waals surface area contributed by atoms with Crippen molar-refractivity contribution < 1.29 is 22.4 Å². The van der Waals surface area contributed by atoms with Crippen LogP contribution < -0.4 is 10.6 Å². The minimum atomic E-state index is -3.64. The highest BCUT2D eigenvalue weighted by Gasteiger charge is 2.26. The lowest BCUT2D eigenvalue weighted by Crippen LogP contribution is -2.35. The summed E-state index contributed by atoms with van der Waals surface area (Å²) in [5.41, 5.74) is 1.16. The van der Waals surface area contributed by atoms with Crippen molar-refractivity contribution in [2.45, 2.75) is 24.2 Å². The van der Waals surface area contributed by atoms with E-state index < -0.39 is 21.8 Å². The van der Waals surface area contributed by atoms with E-state index in [-0.39, 0.29) is 16.2 Å². The van der Waals surface area contributed by atoms with E-state index >= 15 is 0 Å². The number of anilines is 2. The number of nitrogens with one attached hydrogen (secondary N) is 2. The summed E-state index contributed by atoms with van der Waals surface area (Å²) in [6.45, 7) is 0.991. The molecular formula is C23H23N3O5S. The molecule has 0 radical (unpaired) electrons. The van der Waals surface area contributed by atoms with E-state index in [1.54, 1.807) is 48.5 Å². The maximum absolute atomic E-state index is 12.9. The molecule has 0 spiro atoms. The van der Waals surface area contributed by atoms with Gasteiger partial charge in [0.2, 0.25) is 10.0 Å². The Kier molecular flexibility index (Phi) is 6.38. The number of benzene rings is 2. The summed E-state index contributed by atoms with van der Waals surface area (Å²) >= 11 is 0. The first kappa shape index (κ1) is 21.8. The molecule has 1 fully saturated rings. The van der Waals surface area contributed by atoms with Gasteiger partial charge in [-0.15, -0.1) is 0 Å². The average molecular weight is 454 g/mol. The third-order valence-corrected chi connectivity index (χ3v) is 7.07. The number of hydrogen-bond acceptors (Lipinski definition) is 5. The van der Waals surface area contributed by atoms with Crippen molar-refractivity contribution in [1.29, 1.82) is 0 Å². The Morgan fingerprint density at radius 2 is 1.50 bits per heavy atom. The van der Waals surface area contributed by atoms with Gasteiger partial charge in [0.15, 0.2) is 5.76 Å². The Balaban J connectivity index is 1.47. The van der Waals surface area contributed by atoms with Crippen LogP contribution in [0.25, 0.3) is 0 Å². The molecule has 0 atom stereocenters. The smallest absolute Gasteiger partial charge is 0.291 e. The highest BCUT2D eigenvalue weighted by atomic mass is 32.2. The molecule has 2 amide bonds. The fraction of sp³-hybridized carbons (Fsp3) is 0.217. The number of furan rings is 1. The number of sulfonamides is 1. The predicted molar refractivity (Wildman–Crippen MR) is 120 cm³/mol. The molecule has 8 nitrogen and oxygen atoms in total. The molecule has 0 saturated carbocycles. The second-order valence-electron chi connectivity index (χ2n) is 7.46. The summed E-state index contributed by atoms with van der Waals surface area (Å²) in [6, 6.07) is 15.8. The van der Waals surface area contributed by atoms with E-state index in [1.807, 2.05) is 0 Å². The molecule has 32 heavy (non-hydrogen) atoms. The topological polar surface area (TPSA) is 109 Å². The summed E-state index contributed by atoms with van der Waals surface area (Å²) in [5.74, 6) is -0.685. The van der Waals surface area contributed by atoms with Crippen LogP contribution in [0.15, 0.2) is 76.2 Å². The molecule has 0 bridgehead atoms. The number of rotatable bonds is 6. The third kappa shape index (κ3) is 4.90. The maximum Gasteiger partial charge on any atom is 0.291 e. The van der Waals surface area contributed by atoms with Crippen LogP contribution in [0.4, 0.5) is 11.4 Å². The number of hydrogen-bond donors (Lipinski definition) is 2. The van der Waals surface area contributed by atoms with E-state index in [1.165, 1.54) is 22.7 Å². The van der Waals surface area contributed by atoms with Crippen LogP contribution in [-0.2, 0) is 10.0 Å². The standard InChI is InChI=1S/C23H23N3O5S/c27-22(17-7-4-10-20(15-17)32(29,30)26-12-2-1-3-13-26)24-18-8-5-9-19(16-18)25-23(28)21-11-6-14-31-21/h4-11,14-16H,1-3,12-13H2,(H,24,27)(H,25,28). The highest BCUT2D eigenvalue weighted by Crippen LogP contribution is 2.22. The lowest BCUT2D eigenvalue weighted by molar-refractivity contribution is 0.0995. The van der Waals surface area contributed by atoms with E-state index in [0.717, 1.165) is 19.3 Å². The molecule has 2 aromatic carbocycles. The maximum atomic E-state index is 12.9. The van der Waals surface area contributed by atoms with Gasteiger partial charge < -0.3 is 15.1 Å². The summed E-state index contributed by atoms with van der Waals surface area (Å²) in [4.78, 5) is 25.0. The highest BCUT2D eigenvalue weighted by molar-refractivity contribution is 7.89. The van der Waals surface area contributed by atoms with Gasteiger partial charge in [0.1, 0.15) is 0 Å². The van der Waals surface area contributed by atoms with Crippen molar-refractivity contribution in [3.63, 3.8) is 0 Å². The lowest BCUT2D eigenvalue weighted by atomic mass is 10.2. The first-order chi connectivity index (χ1) is 15.4. The van der Waals surface area contributed by atoms with Crippen LogP contribution in [0, 0.1) is 0 Å². The van der Waals surface area contributed by atoms with Crippen molar-refractivity contribution in [2.24, 2.45) is 0 Å². The first-order valence-electron chi connectivity index (χ1n) is 10.3. The SMILES string of the molecule is O=C(Nc1cccc(NC(=O)c2ccco2)c1)c1cccc(S(=O)(=O)N2CCCCC2)c1. The Hall–Kier alpha value is -3.43. The zero-order valence-electron chi connectivity index (χ0n) is 17.3. The van der Waals surface area contributed by atoms with Crippen LogP contribution >= 0.6 is 0 Å². The Bertz CT molecular complexity index is 1220. The van der Waals surface area contributed by atoms with Crippen LogP contribution in [0.5, 0.6) is 0 Å². The van der Waals surface area contributed by atoms with E-state index in [0.29, 0.717) is 24.5 Å². The van der Waals surface area contributed by atoms with Gasteiger partial charge in [-0.25, -0.2) is 8.42 Å². The fourth-order valence-corrected chi connectivity index (χ4v) is 5.09. The fourth-order valence-electron chi connectivity index (χ4n) is 3.53. The second-order valence-corrected chi connectivity index (χ2v) is 9.40. The van der Waals surface area contributed by atoms with Crippen LogP contribution in [-0.4, -0.2) is 37.6 Å². The zero-order valence-corrected chi connectivity index (χ0v) is 18.1. The molecule has 0 aliphatic carbocycles. The first-order valence-corrected chi connectivity index (χ1v) is 11.7. The van der Waals surface area contributed by atoms with Crippen molar-refractivity contribution in [3.8, 4) is 0 Å². The number of nitrogens with zero attached hydrogens (tertiary/aromatic N) is 1. The van der Waals surface area contributed by atoms with E-state index in [9.17, 15) is 18.0 Å². The molecule has 166 valence electrons. The average Bonchev–Trinajstić information content (AvgIpc) is 3.35. The Morgan fingerprint density at radius 1 is 0.812 bits per heavy atom. The number of carbonyl (C=O) groups is 2. The largest absolute Gasteiger partial charge is 0.459 e. The van der Waals surface area contributed by atoms with Gasteiger partial charge >= 0.3 is 0 Å². The lowest BCUT2D eigenvalue weighted by Gasteiger charge is -2.26. The molecule has 3 aromatic rings. The summed E-state index contributed by atoms with van der Waals surface area (Å²) in [6.07, 6.45) is 4.11. The minimum absolute atomic E-state index is 0.103. The molecule has 1 aliphatic heterocycles. The molecule has 1 saturated heterocycles. The van der Waals surface area contributed by atoms with Gasteiger partial charge in [-0.05, 0) is 61.4 Å². The third-order valence-electron chi connectivity index (χ3n) is 5.17. The molecule has 4 rings (SSSR count). The second kappa shape index (κ2) is 9.37. The molecule has 1 aliphatic rings. The van der Waals surface area contributed by atoms with Gasteiger partial charge in [0, 0.05) is 30.0 Å². The Morgan fingerprint density at radius 3 is 2.19 bits per heavy atom. The van der Waals surface area contributed by atoms with Crippen molar-refractivity contribution in [2.75, 3.05) is 23.7 Å². The van der Waals surface area contributed by atoms with Crippen molar-refractivity contribution >= 4 is 33.2 Å². The van der Waals surface area contributed by atoms with Gasteiger partial charge in [-0.3, -0.25) is 9.59 Å². The van der Waals surface area contributed by atoms with Crippen LogP contribution in [0.3, 0.4) is 0 Å². The van der Waals surface area contributed by atoms with Gasteiger partial charge in [0.05, 0.1) is 11.2 Å². The quantitative estimate of drug-likeness (QED) is 0.587. The summed E-state index contributed by atoms with van der Waals surface area (Å²) in [5, 5.41) is 5.44. The number of amides is 2. The zero-order chi connectivity index (χ0) is 22.6.